The zero-order valence-electron chi connectivity index (χ0n) is 18.5. The number of fused-ring (bicyclic) bond motifs is 1. The summed E-state index contributed by atoms with van der Waals surface area (Å²) in [6.45, 7) is 0.669. The fourth-order valence-corrected chi connectivity index (χ4v) is 4.19. The highest BCUT2D eigenvalue weighted by atomic mass is 16.1. The molecule has 0 atom stereocenters. The van der Waals surface area contributed by atoms with E-state index in [4.69, 9.17) is 15.2 Å². The molecule has 164 valence electrons. The minimum atomic E-state index is -0.0875. The molecular weight excluding hydrogens is 400 g/mol. The smallest absolute Gasteiger partial charge is 0.251 e. The van der Waals surface area contributed by atoms with Gasteiger partial charge >= 0.3 is 0 Å². The fraction of sp³-hybridized carbons (Fsp3) is 0.360. The molecule has 4 rings (SSSR count). The average Bonchev–Trinajstić information content (AvgIpc) is 2.83. The zero-order valence-corrected chi connectivity index (χ0v) is 18.5. The van der Waals surface area contributed by atoms with Gasteiger partial charge in [-0.05, 0) is 68.0 Å². The predicted molar refractivity (Wildman–Crippen MR) is 127 cm³/mol. The molecule has 7 nitrogen and oxygen atoms in total. The van der Waals surface area contributed by atoms with Crippen LogP contribution in [0.1, 0.15) is 41.6 Å². The molecule has 2 N–H and O–H groups in total. The second kappa shape index (κ2) is 9.65. The second-order valence-corrected chi connectivity index (χ2v) is 8.54. The van der Waals surface area contributed by atoms with Gasteiger partial charge in [0.25, 0.3) is 5.91 Å². The van der Waals surface area contributed by atoms with Gasteiger partial charge in [0.2, 0.25) is 5.95 Å². The van der Waals surface area contributed by atoms with Crippen molar-refractivity contribution in [3.05, 3.63) is 59.7 Å². The maximum Gasteiger partial charge on any atom is 0.251 e. The van der Waals surface area contributed by atoms with Gasteiger partial charge in [-0.2, -0.15) is 10.2 Å². The van der Waals surface area contributed by atoms with Crippen LogP contribution in [0.3, 0.4) is 0 Å². The lowest BCUT2D eigenvalue weighted by Gasteiger charge is -2.29. The Labute approximate surface area is 188 Å². The van der Waals surface area contributed by atoms with E-state index in [0.717, 1.165) is 42.4 Å². The highest BCUT2D eigenvalue weighted by Crippen LogP contribution is 2.28. The van der Waals surface area contributed by atoms with E-state index in [2.05, 4.69) is 16.7 Å². The molecule has 0 aliphatic heterocycles. The van der Waals surface area contributed by atoms with Crippen LogP contribution in [0.25, 0.3) is 10.9 Å². The molecule has 1 aromatic heterocycles. The number of nitriles is 1. The number of benzene rings is 2. The van der Waals surface area contributed by atoms with Crippen molar-refractivity contribution in [2.45, 2.75) is 31.7 Å². The molecule has 1 saturated carbocycles. The van der Waals surface area contributed by atoms with E-state index in [1.54, 1.807) is 24.3 Å². The van der Waals surface area contributed by atoms with Crippen LogP contribution in [0, 0.1) is 17.2 Å². The van der Waals surface area contributed by atoms with Gasteiger partial charge in [0.15, 0.2) is 0 Å². The normalized spacial score (nSPS) is 18.0. The summed E-state index contributed by atoms with van der Waals surface area (Å²) in [5, 5.41) is 16.5. The van der Waals surface area contributed by atoms with Crippen molar-refractivity contribution < 1.29 is 4.79 Å². The lowest BCUT2D eigenvalue weighted by atomic mass is 9.86. The van der Waals surface area contributed by atoms with Crippen LogP contribution in [0.15, 0.2) is 48.5 Å². The summed E-state index contributed by atoms with van der Waals surface area (Å²) in [7, 11) is 3.99. The van der Waals surface area contributed by atoms with Crippen molar-refractivity contribution in [1.82, 2.24) is 15.3 Å². The highest BCUT2D eigenvalue weighted by Gasteiger charge is 2.23. The standard InChI is InChI=1S/C25H28N6O/c1-31(2)23-21-5-3-4-6-22(21)29-25(30-23)28-20-13-9-18(10-14-20)16-27-24(32)19-11-7-17(15-26)8-12-19/h3-8,11-12,18,20H,9-10,13-14,16H2,1-2H3,(H,27,32)(H,28,29,30). The number of nitrogens with zero attached hydrogens (tertiary/aromatic N) is 4. The van der Waals surface area contributed by atoms with Crippen LogP contribution in [-0.4, -0.2) is 42.6 Å². The molecule has 0 saturated heterocycles. The Morgan fingerprint density at radius 3 is 2.47 bits per heavy atom. The maximum absolute atomic E-state index is 12.4. The monoisotopic (exact) mass is 428 g/mol. The number of carbonyl (C=O) groups is 1. The van der Waals surface area contributed by atoms with Gasteiger partial charge in [-0.3, -0.25) is 4.79 Å². The lowest BCUT2D eigenvalue weighted by Crippen LogP contribution is -2.34. The fourth-order valence-electron chi connectivity index (χ4n) is 4.19. The molecule has 1 heterocycles. The zero-order chi connectivity index (χ0) is 22.5. The molecule has 0 radical (unpaired) electrons. The largest absolute Gasteiger partial charge is 0.362 e. The maximum atomic E-state index is 12.4. The Hall–Kier alpha value is -3.66. The summed E-state index contributed by atoms with van der Waals surface area (Å²) >= 11 is 0. The number of nitrogens with one attached hydrogen (secondary N) is 2. The number of amides is 1. The molecule has 0 unspecified atom stereocenters. The number of aromatic nitrogens is 2. The number of para-hydroxylation sites is 1. The molecule has 32 heavy (non-hydrogen) atoms. The molecule has 3 aromatic rings. The summed E-state index contributed by atoms with van der Waals surface area (Å²) in [6, 6.07) is 17.2. The average molecular weight is 429 g/mol. The van der Waals surface area contributed by atoms with E-state index in [9.17, 15) is 4.79 Å². The van der Waals surface area contributed by atoms with Gasteiger partial charge in [0, 0.05) is 37.6 Å². The van der Waals surface area contributed by atoms with Crippen molar-refractivity contribution in [2.24, 2.45) is 5.92 Å². The van der Waals surface area contributed by atoms with Gasteiger partial charge in [-0.25, -0.2) is 4.98 Å². The molecule has 1 amide bonds. The van der Waals surface area contributed by atoms with E-state index in [1.807, 2.05) is 43.3 Å². The van der Waals surface area contributed by atoms with Crippen LogP contribution in [0.4, 0.5) is 11.8 Å². The van der Waals surface area contributed by atoms with Gasteiger partial charge < -0.3 is 15.5 Å². The molecule has 1 fully saturated rings. The Bertz CT molecular complexity index is 1130. The SMILES string of the molecule is CN(C)c1nc(NC2CCC(CNC(=O)c3ccc(C#N)cc3)CC2)nc2ccccc12. The quantitative estimate of drug-likeness (QED) is 0.617. The van der Waals surface area contributed by atoms with Crippen molar-refractivity contribution in [3.8, 4) is 6.07 Å². The van der Waals surface area contributed by atoms with E-state index in [1.165, 1.54) is 0 Å². The van der Waals surface area contributed by atoms with Crippen LogP contribution in [-0.2, 0) is 0 Å². The van der Waals surface area contributed by atoms with Crippen molar-refractivity contribution in [1.29, 1.82) is 5.26 Å². The van der Waals surface area contributed by atoms with Crippen molar-refractivity contribution >= 4 is 28.6 Å². The number of hydrogen-bond acceptors (Lipinski definition) is 6. The number of hydrogen-bond donors (Lipinski definition) is 2. The molecule has 0 spiro atoms. The van der Waals surface area contributed by atoms with Gasteiger partial charge in [0.1, 0.15) is 5.82 Å². The summed E-state index contributed by atoms with van der Waals surface area (Å²) < 4.78 is 0. The number of anilines is 2. The van der Waals surface area contributed by atoms with Gasteiger partial charge in [-0.1, -0.05) is 12.1 Å². The van der Waals surface area contributed by atoms with Crippen molar-refractivity contribution in [3.63, 3.8) is 0 Å². The Morgan fingerprint density at radius 2 is 1.78 bits per heavy atom. The third-order valence-corrected chi connectivity index (χ3v) is 6.01. The van der Waals surface area contributed by atoms with E-state index < -0.39 is 0 Å². The Kier molecular flexibility index (Phi) is 6.50. The summed E-state index contributed by atoms with van der Waals surface area (Å²) in [5.41, 5.74) is 2.08. The first-order chi connectivity index (χ1) is 15.5. The third-order valence-electron chi connectivity index (χ3n) is 6.01. The topological polar surface area (TPSA) is 93.9 Å². The molecule has 1 aliphatic rings. The lowest BCUT2D eigenvalue weighted by molar-refractivity contribution is 0.0943. The number of rotatable bonds is 6. The first-order valence-electron chi connectivity index (χ1n) is 11.0. The first-order valence-corrected chi connectivity index (χ1v) is 11.0. The van der Waals surface area contributed by atoms with E-state index >= 15 is 0 Å². The summed E-state index contributed by atoms with van der Waals surface area (Å²) in [4.78, 5) is 23.8. The predicted octanol–water partition coefficient (Wildman–Crippen LogP) is 3.97. The molecule has 0 bridgehead atoms. The third kappa shape index (κ3) is 4.97. The second-order valence-electron chi connectivity index (χ2n) is 8.54. The van der Waals surface area contributed by atoms with E-state index in [-0.39, 0.29) is 5.91 Å². The molecule has 2 aromatic carbocycles. The van der Waals surface area contributed by atoms with Crippen molar-refractivity contribution in [2.75, 3.05) is 30.9 Å². The Morgan fingerprint density at radius 1 is 1.06 bits per heavy atom. The highest BCUT2D eigenvalue weighted by molar-refractivity contribution is 5.94. The van der Waals surface area contributed by atoms with Crippen LogP contribution in [0.2, 0.25) is 0 Å². The minimum absolute atomic E-state index is 0.0875. The van der Waals surface area contributed by atoms with Crippen LogP contribution < -0.4 is 15.5 Å². The van der Waals surface area contributed by atoms with E-state index in [0.29, 0.717) is 35.6 Å². The minimum Gasteiger partial charge on any atom is -0.362 e. The Balaban J connectivity index is 1.30. The van der Waals surface area contributed by atoms with Gasteiger partial charge in [-0.15, -0.1) is 0 Å². The van der Waals surface area contributed by atoms with Crippen LogP contribution >= 0.6 is 0 Å². The first kappa shape index (κ1) is 21.6. The summed E-state index contributed by atoms with van der Waals surface area (Å²) in [5.74, 6) is 1.96. The van der Waals surface area contributed by atoms with Crippen LogP contribution in [0.5, 0.6) is 0 Å². The molecular formula is C25H28N6O. The molecule has 7 heteroatoms. The molecule has 1 aliphatic carbocycles. The number of carbonyl (C=O) groups excluding carboxylic acids is 1. The summed E-state index contributed by atoms with van der Waals surface area (Å²) in [6.07, 6.45) is 4.12. The van der Waals surface area contributed by atoms with Gasteiger partial charge in [0.05, 0.1) is 17.1 Å².